The van der Waals surface area contributed by atoms with Crippen LogP contribution in [-0.2, 0) is 22.6 Å². The van der Waals surface area contributed by atoms with Gasteiger partial charge in [0.05, 0.1) is 13.2 Å². The van der Waals surface area contributed by atoms with Gasteiger partial charge in [0.2, 0.25) is 0 Å². The molecule has 1 fully saturated rings. The number of ether oxygens (including phenoxy) is 1. The Hall–Kier alpha value is -1.19. The van der Waals surface area contributed by atoms with Gasteiger partial charge in [0.25, 0.3) is 0 Å². The molecule has 0 atom stereocenters. The molecular formula is C18H27NO2. The molecule has 1 aliphatic heterocycles. The Balaban J connectivity index is 1.62. The predicted octanol–water partition coefficient (Wildman–Crippen LogP) is 3.21. The van der Waals surface area contributed by atoms with Crippen LogP contribution in [0.2, 0.25) is 0 Å². The van der Waals surface area contributed by atoms with Crippen LogP contribution in [0.4, 0.5) is 0 Å². The third kappa shape index (κ3) is 6.40. The molecule has 116 valence electrons. The van der Waals surface area contributed by atoms with E-state index in [2.05, 4.69) is 29.2 Å². The van der Waals surface area contributed by atoms with Crippen molar-refractivity contribution in [1.82, 2.24) is 4.90 Å². The highest BCUT2D eigenvalue weighted by molar-refractivity contribution is 5.75. The Labute approximate surface area is 128 Å². The summed E-state index contributed by atoms with van der Waals surface area (Å²) in [4.78, 5) is 13.5. The van der Waals surface area contributed by atoms with Crippen molar-refractivity contribution >= 4 is 5.78 Å². The zero-order chi connectivity index (χ0) is 14.9. The van der Waals surface area contributed by atoms with Crippen molar-refractivity contribution < 1.29 is 9.53 Å². The summed E-state index contributed by atoms with van der Waals surface area (Å²) < 4.78 is 5.76. The number of hydrogen-bond acceptors (Lipinski definition) is 3. The van der Waals surface area contributed by atoms with Crippen molar-refractivity contribution in [2.24, 2.45) is 0 Å². The van der Waals surface area contributed by atoms with E-state index in [-0.39, 0.29) is 5.78 Å². The maximum atomic E-state index is 11.0. The number of piperidine rings is 1. The van der Waals surface area contributed by atoms with Crippen molar-refractivity contribution in [3.63, 3.8) is 0 Å². The van der Waals surface area contributed by atoms with Gasteiger partial charge in [-0.2, -0.15) is 0 Å². The van der Waals surface area contributed by atoms with Crippen molar-refractivity contribution in [3.05, 3.63) is 35.4 Å². The summed E-state index contributed by atoms with van der Waals surface area (Å²) in [6.07, 6.45) is 5.52. The molecule has 0 radical (unpaired) electrons. The molecule has 0 amide bonds. The first-order valence-corrected chi connectivity index (χ1v) is 8.11. The number of carbonyl (C=O) groups is 1. The highest BCUT2D eigenvalue weighted by Crippen LogP contribution is 2.10. The number of aryl methyl sites for hydroxylation is 1. The molecule has 0 bridgehead atoms. The summed E-state index contributed by atoms with van der Waals surface area (Å²) >= 11 is 0. The molecule has 3 heteroatoms. The van der Waals surface area contributed by atoms with E-state index < -0.39 is 0 Å². The Morgan fingerprint density at radius 3 is 2.43 bits per heavy atom. The zero-order valence-corrected chi connectivity index (χ0v) is 13.1. The second-order valence-corrected chi connectivity index (χ2v) is 5.97. The largest absolute Gasteiger partial charge is 0.375 e. The second-order valence-electron chi connectivity index (χ2n) is 5.97. The predicted molar refractivity (Wildman–Crippen MR) is 85.4 cm³/mol. The van der Waals surface area contributed by atoms with Gasteiger partial charge >= 0.3 is 0 Å². The molecule has 1 heterocycles. The van der Waals surface area contributed by atoms with Crippen LogP contribution >= 0.6 is 0 Å². The topological polar surface area (TPSA) is 29.5 Å². The van der Waals surface area contributed by atoms with Crippen LogP contribution in [0.25, 0.3) is 0 Å². The smallest absolute Gasteiger partial charge is 0.130 e. The number of rotatable bonds is 8. The quantitative estimate of drug-likeness (QED) is 0.688. The third-order valence-electron chi connectivity index (χ3n) is 4.06. The van der Waals surface area contributed by atoms with Crippen molar-refractivity contribution in [3.8, 4) is 0 Å². The van der Waals surface area contributed by atoms with E-state index in [0.29, 0.717) is 13.0 Å². The number of carbonyl (C=O) groups excluding carboxylic acids is 1. The molecule has 1 saturated heterocycles. The molecule has 1 aromatic carbocycles. The lowest BCUT2D eigenvalue weighted by molar-refractivity contribution is -0.116. The van der Waals surface area contributed by atoms with Crippen LogP contribution in [0.1, 0.15) is 43.7 Å². The number of likely N-dealkylation sites (tertiary alicyclic amines) is 1. The van der Waals surface area contributed by atoms with E-state index >= 15 is 0 Å². The summed E-state index contributed by atoms with van der Waals surface area (Å²) in [6.45, 7) is 6.65. The number of ketones is 1. The summed E-state index contributed by atoms with van der Waals surface area (Å²) in [6, 6.07) is 8.42. The van der Waals surface area contributed by atoms with Crippen molar-refractivity contribution in [2.75, 3.05) is 26.2 Å². The molecule has 1 aromatic rings. The monoisotopic (exact) mass is 289 g/mol. The van der Waals surface area contributed by atoms with Crippen LogP contribution in [0.5, 0.6) is 0 Å². The Morgan fingerprint density at radius 1 is 1.10 bits per heavy atom. The average molecular weight is 289 g/mol. The molecule has 0 aliphatic carbocycles. The fraction of sp³-hybridized carbons (Fsp3) is 0.611. The van der Waals surface area contributed by atoms with Gasteiger partial charge in [-0.15, -0.1) is 0 Å². The number of nitrogens with zero attached hydrogens (tertiary/aromatic N) is 1. The maximum Gasteiger partial charge on any atom is 0.130 e. The number of benzene rings is 1. The van der Waals surface area contributed by atoms with Crippen LogP contribution in [-0.4, -0.2) is 36.9 Å². The molecule has 0 spiro atoms. The summed E-state index contributed by atoms with van der Waals surface area (Å²) in [5.41, 5.74) is 2.43. The van der Waals surface area contributed by atoms with Crippen LogP contribution < -0.4 is 0 Å². The van der Waals surface area contributed by atoms with Gasteiger partial charge in [0.15, 0.2) is 0 Å². The maximum absolute atomic E-state index is 11.0. The van der Waals surface area contributed by atoms with Crippen LogP contribution in [0.15, 0.2) is 24.3 Å². The first kappa shape index (κ1) is 16.2. The Kier molecular flexibility index (Phi) is 6.90. The minimum atomic E-state index is 0.250. The number of Topliss-reactive ketones (excluding diaryl/α,β-unsaturated/α-hetero) is 1. The van der Waals surface area contributed by atoms with Gasteiger partial charge in [-0.05, 0) is 50.4 Å². The fourth-order valence-corrected chi connectivity index (χ4v) is 2.69. The van der Waals surface area contributed by atoms with E-state index in [1.165, 1.54) is 43.5 Å². The van der Waals surface area contributed by atoms with Gasteiger partial charge in [0.1, 0.15) is 5.78 Å². The lowest BCUT2D eigenvalue weighted by Crippen LogP contribution is -2.32. The molecule has 1 aliphatic rings. The lowest BCUT2D eigenvalue weighted by Gasteiger charge is -2.26. The van der Waals surface area contributed by atoms with Gasteiger partial charge in [-0.1, -0.05) is 30.7 Å². The minimum Gasteiger partial charge on any atom is -0.375 e. The van der Waals surface area contributed by atoms with Crippen LogP contribution in [0.3, 0.4) is 0 Å². The van der Waals surface area contributed by atoms with Gasteiger partial charge in [0, 0.05) is 13.0 Å². The van der Waals surface area contributed by atoms with E-state index in [4.69, 9.17) is 4.74 Å². The standard InChI is InChI=1S/C18H27NO2/c1-16(20)5-6-17-7-9-18(10-8-17)15-21-14-13-19-11-3-2-4-12-19/h7-10H,2-6,11-15H2,1H3. The SMILES string of the molecule is CC(=O)CCc1ccc(COCCN2CCCCC2)cc1. The first-order chi connectivity index (χ1) is 10.2. The summed E-state index contributed by atoms with van der Waals surface area (Å²) in [5, 5.41) is 0. The van der Waals surface area contributed by atoms with Gasteiger partial charge in [-0.3, -0.25) is 0 Å². The fourth-order valence-electron chi connectivity index (χ4n) is 2.69. The highest BCUT2D eigenvalue weighted by Gasteiger charge is 2.09. The third-order valence-corrected chi connectivity index (χ3v) is 4.06. The molecule has 21 heavy (non-hydrogen) atoms. The molecule has 0 aromatic heterocycles. The van der Waals surface area contributed by atoms with E-state index in [9.17, 15) is 4.79 Å². The molecule has 2 rings (SSSR count). The van der Waals surface area contributed by atoms with E-state index in [1.807, 2.05) is 0 Å². The Bertz CT molecular complexity index is 421. The molecule has 0 saturated carbocycles. The Morgan fingerprint density at radius 2 is 1.76 bits per heavy atom. The molecule has 0 N–H and O–H groups in total. The lowest BCUT2D eigenvalue weighted by atomic mass is 10.1. The van der Waals surface area contributed by atoms with Crippen molar-refractivity contribution in [2.45, 2.75) is 45.6 Å². The molecule has 3 nitrogen and oxygen atoms in total. The van der Waals surface area contributed by atoms with Gasteiger partial charge < -0.3 is 14.4 Å². The molecule has 0 unspecified atom stereocenters. The van der Waals surface area contributed by atoms with E-state index in [0.717, 1.165) is 19.6 Å². The average Bonchev–Trinajstić information content (AvgIpc) is 2.52. The highest BCUT2D eigenvalue weighted by atomic mass is 16.5. The summed E-state index contributed by atoms with van der Waals surface area (Å²) in [7, 11) is 0. The minimum absolute atomic E-state index is 0.250. The van der Waals surface area contributed by atoms with Crippen molar-refractivity contribution in [1.29, 1.82) is 0 Å². The van der Waals surface area contributed by atoms with Gasteiger partial charge in [-0.25, -0.2) is 0 Å². The number of hydrogen-bond donors (Lipinski definition) is 0. The van der Waals surface area contributed by atoms with E-state index in [1.54, 1.807) is 6.92 Å². The summed E-state index contributed by atoms with van der Waals surface area (Å²) in [5.74, 6) is 0.250. The second kappa shape index (κ2) is 8.96. The first-order valence-electron chi connectivity index (χ1n) is 8.11. The zero-order valence-electron chi connectivity index (χ0n) is 13.1. The molecular weight excluding hydrogens is 262 g/mol. The normalized spacial score (nSPS) is 16.0. The van der Waals surface area contributed by atoms with Crippen LogP contribution in [0, 0.1) is 0 Å².